The number of nitrogens with zero attached hydrogens (tertiary/aromatic N) is 3. The van der Waals surface area contributed by atoms with Crippen molar-refractivity contribution in [2.24, 2.45) is 0 Å². The summed E-state index contributed by atoms with van der Waals surface area (Å²) in [6.07, 6.45) is 6.14. The molecule has 21 heavy (non-hydrogen) atoms. The van der Waals surface area contributed by atoms with E-state index < -0.39 is 0 Å². The molecule has 0 aliphatic carbocycles. The summed E-state index contributed by atoms with van der Waals surface area (Å²) in [5, 5.41) is 3.26. The second kappa shape index (κ2) is 7.57. The van der Waals surface area contributed by atoms with E-state index in [2.05, 4.69) is 40.2 Å². The van der Waals surface area contributed by atoms with Gasteiger partial charge in [0.05, 0.1) is 12.8 Å². The number of pyridine rings is 1. The molecule has 5 heteroatoms. The van der Waals surface area contributed by atoms with E-state index in [9.17, 15) is 0 Å². The molecule has 0 aliphatic heterocycles. The maximum Gasteiger partial charge on any atom is 0.183 e. The van der Waals surface area contributed by atoms with Crippen LogP contribution in [-0.4, -0.2) is 28.6 Å². The van der Waals surface area contributed by atoms with E-state index in [-0.39, 0.29) is 0 Å². The quantitative estimate of drug-likeness (QED) is 0.848. The summed E-state index contributed by atoms with van der Waals surface area (Å²) in [5.74, 6) is 1.45. The van der Waals surface area contributed by atoms with Crippen LogP contribution in [0.15, 0.2) is 24.7 Å². The minimum atomic E-state index is 0.635. The fourth-order valence-electron chi connectivity index (χ4n) is 2.06. The number of anilines is 1. The molecule has 0 aromatic carbocycles. The van der Waals surface area contributed by atoms with Gasteiger partial charge in [0.2, 0.25) is 0 Å². The summed E-state index contributed by atoms with van der Waals surface area (Å²) in [6.45, 7) is 5.09. The number of nitrogens with one attached hydrogen (secondary N) is 1. The number of hydrogen-bond acceptors (Lipinski definition) is 5. The predicted molar refractivity (Wildman–Crippen MR) is 83.8 cm³/mol. The van der Waals surface area contributed by atoms with E-state index in [0.717, 1.165) is 36.6 Å². The fraction of sp³-hybridized carbons (Fsp3) is 0.438. The normalized spacial score (nSPS) is 10.4. The first-order valence-corrected chi connectivity index (χ1v) is 7.34. The van der Waals surface area contributed by atoms with Crippen LogP contribution in [0, 0.1) is 0 Å². The van der Waals surface area contributed by atoms with Gasteiger partial charge in [-0.1, -0.05) is 19.9 Å². The van der Waals surface area contributed by atoms with Crippen molar-refractivity contribution >= 4 is 5.82 Å². The lowest BCUT2D eigenvalue weighted by molar-refractivity contribution is 0.407. The average molecular weight is 286 g/mol. The number of rotatable bonds is 7. The summed E-state index contributed by atoms with van der Waals surface area (Å²) in [7, 11) is 1.65. The second-order valence-corrected chi connectivity index (χ2v) is 4.82. The van der Waals surface area contributed by atoms with Crippen LogP contribution in [0.5, 0.6) is 5.75 Å². The van der Waals surface area contributed by atoms with Gasteiger partial charge in [0.15, 0.2) is 11.6 Å². The highest BCUT2D eigenvalue weighted by Gasteiger charge is 2.12. The minimum Gasteiger partial charge on any atom is -0.491 e. The van der Waals surface area contributed by atoms with Crippen molar-refractivity contribution in [3.05, 3.63) is 41.6 Å². The van der Waals surface area contributed by atoms with Gasteiger partial charge >= 0.3 is 0 Å². The van der Waals surface area contributed by atoms with Gasteiger partial charge in [-0.3, -0.25) is 4.98 Å². The first-order valence-electron chi connectivity index (χ1n) is 7.34. The van der Waals surface area contributed by atoms with Crippen molar-refractivity contribution in [2.45, 2.75) is 33.1 Å². The van der Waals surface area contributed by atoms with Gasteiger partial charge in [0.1, 0.15) is 6.33 Å². The maximum absolute atomic E-state index is 5.48. The van der Waals surface area contributed by atoms with Gasteiger partial charge in [-0.2, -0.15) is 0 Å². The first-order chi connectivity index (χ1) is 10.3. The summed E-state index contributed by atoms with van der Waals surface area (Å²) in [5.41, 5.74) is 3.06. The Morgan fingerprint density at radius 3 is 2.62 bits per heavy atom. The van der Waals surface area contributed by atoms with E-state index in [1.807, 2.05) is 12.3 Å². The van der Waals surface area contributed by atoms with E-state index in [1.165, 1.54) is 5.56 Å². The topological polar surface area (TPSA) is 59.9 Å². The molecule has 0 spiro atoms. The number of methoxy groups -OCH3 is 1. The van der Waals surface area contributed by atoms with E-state index in [1.54, 1.807) is 13.4 Å². The largest absolute Gasteiger partial charge is 0.491 e. The summed E-state index contributed by atoms with van der Waals surface area (Å²) in [4.78, 5) is 13.1. The number of ether oxygens (including phenoxy) is 1. The smallest absolute Gasteiger partial charge is 0.183 e. The SMILES string of the molecule is CCCNc1ncnc(Cc2ccc(CC)cn2)c1OC. The molecule has 2 aromatic heterocycles. The molecule has 0 fully saturated rings. The van der Waals surface area contributed by atoms with Crippen LogP contribution in [0.25, 0.3) is 0 Å². The monoisotopic (exact) mass is 286 g/mol. The van der Waals surface area contributed by atoms with Crippen molar-refractivity contribution < 1.29 is 4.74 Å². The third-order valence-corrected chi connectivity index (χ3v) is 3.27. The average Bonchev–Trinajstić information content (AvgIpc) is 2.53. The molecule has 0 bridgehead atoms. The van der Waals surface area contributed by atoms with Crippen LogP contribution in [0.4, 0.5) is 5.82 Å². The molecule has 0 aliphatic rings. The molecule has 0 amide bonds. The minimum absolute atomic E-state index is 0.635. The molecule has 1 N–H and O–H groups in total. The lowest BCUT2D eigenvalue weighted by Gasteiger charge is -2.12. The molecule has 5 nitrogen and oxygen atoms in total. The summed E-state index contributed by atoms with van der Waals surface area (Å²) < 4.78 is 5.48. The van der Waals surface area contributed by atoms with Gasteiger partial charge in [-0.05, 0) is 24.5 Å². The van der Waals surface area contributed by atoms with Crippen molar-refractivity contribution in [3.8, 4) is 5.75 Å². The van der Waals surface area contributed by atoms with Crippen LogP contribution in [0.3, 0.4) is 0 Å². The zero-order valence-electron chi connectivity index (χ0n) is 12.9. The standard InChI is InChI=1S/C16H22N4O/c1-4-8-17-16-15(21-3)14(19-11-20-16)9-13-7-6-12(5-2)10-18-13/h6-7,10-11H,4-5,8-9H2,1-3H3,(H,17,19,20). The van der Waals surface area contributed by atoms with Crippen LogP contribution in [-0.2, 0) is 12.8 Å². The Morgan fingerprint density at radius 1 is 1.14 bits per heavy atom. The number of aromatic nitrogens is 3. The Morgan fingerprint density at radius 2 is 2.00 bits per heavy atom. The Bertz CT molecular complexity index is 569. The summed E-state index contributed by atoms with van der Waals surface area (Å²) in [6, 6.07) is 4.14. The Kier molecular flexibility index (Phi) is 5.49. The number of aryl methyl sites for hydroxylation is 1. The van der Waals surface area contributed by atoms with Crippen molar-refractivity contribution in [1.82, 2.24) is 15.0 Å². The molecule has 2 rings (SSSR count). The van der Waals surface area contributed by atoms with Gasteiger partial charge < -0.3 is 10.1 Å². The van der Waals surface area contributed by atoms with E-state index >= 15 is 0 Å². The van der Waals surface area contributed by atoms with Crippen LogP contribution >= 0.6 is 0 Å². The fourth-order valence-corrected chi connectivity index (χ4v) is 2.06. The van der Waals surface area contributed by atoms with Crippen molar-refractivity contribution in [2.75, 3.05) is 19.0 Å². The number of hydrogen-bond donors (Lipinski definition) is 1. The molecule has 0 unspecified atom stereocenters. The zero-order valence-corrected chi connectivity index (χ0v) is 12.9. The van der Waals surface area contributed by atoms with Crippen LogP contribution in [0.1, 0.15) is 37.2 Å². The maximum atomic E-state index is 5.48. The molecular weight excluding hydrogens is 264 g/mol. The van der Waals surface area contributed by atoms with E-state index in [4.69, 9.17) is 4.74 Å². The Hall–Kier alpha value is -2.17. The molecule has 112 valence electrons. The molecule has 0 saturated heterocycles. The van der Waals surface area contributed by atoms with Gasteiger partial charge in [-0.15, -0.1) is 0 Å². The zero-order chi connectivity index (χ0) is 15.1. The highest BCUT2D eigenvalue weighted by molar-refractivity contribution is 5.52. The lowest BCUT2D eigenvalue weighted by atomic mass is 10.1. The first kappa shape index (κ1) is 15.2. The molecule has 0 atom stereocenters. The van der Waals surface area contributed by atoms with Gasteiger partial charge in [0.25, 0.3) is 0 Å². The predicted octanol–water partition coefficient (Wildman–Crippen LogP) is 2.86. The molecule has 0 radical (unpaired) electrons. The third-order valence-electron chi connectivity index (χ3n) is 3.27. The summed E-state index contributed by atoms with van der Waals surface area (Å²) >= 11 is 0. The second-order valence-electron chi connectivity index (χ2n) is 4.82. The molecule has 2 aromatic rings. The van der Waals surface area contributed by atoms with Crippen LogP contribution in [0.2, 0.25) is 0 Å². The Labute approximate surface area is 125 Å². The van der Waals surface area contributed by atoms with Crippen molar-refractivity contribution in [3.63, 3.8) is 0 Å². The third kappa shape index (κ3) is 3.90. The lowest BCUT2D eigenvalue weighted by Crippen LogP contribution is -2.08. The molecule has 0 saturated carbocycles. The molecule has 2 heterocycles. The molecular formula is C16H22N4O. The van der Waals surface area contributed by atoms with E-state index in [0.29, 0.717) is 12.2 Å². The van der Waals surface area contributed by atoms with Gasteiger partial charge in [0, 0.05) is 24.9 Å². The highest BCUT2D eigenvalue weighted by Crippen LogP contribution is 2.26. The Balaban J connectivity index is 2.21. The van der Waals surface area contributed by atoms with Crippen LogP contribution < -0.4 is 10.1 Å². The van der Waals surface area contributed by atoms with Crippen molar-refractivity contribution in [1.29, 1.82) is 0 Å². The van der Waals surface area contributed by atoms with Gasteiger partial charge in [-0.25, -0.2) is 9.97 Å². The highest BCUT2D eigenvalue weighted by atomic mass is 16.5.